The maximum Gasteiger partial charge on any atom is 0.0535 e. The normalized spacial score (nSPS) is 12.9. The summed E-state index contributed by atoms with van der Waals surface area (Å²) in [7, 11) is 0. The molecular formula is C15H21N3. The van der Waals surface area contributed by atoms with E-state index in [0.717, 1.165) is 12.2 Å². The van der Waals surface area contributed by atoms with Crippen LogP contribution < -0.4 is 5.32 Å². The third-order valence-corrected chi connectivity index (χ3v) is 3.27. The van der Waals surface area contributed by atoms with E-state index in [0.29, 0.717) is 12.0 Å². The smallest absolute Gasteiger partial charge is 0.0535 e. The molecule has 2 rings (SSSR count). The van der Waals surface area contributed by atoms with Crippen LogP contribution in [0.15, 0.2) is 36.5 Å². The summed E-state index contributed by atoms with van der Waals surface area (Å²) in [6.45, 7) is 7.39. The fourth-order valence-electron chi connectivity index (χ4n) is 2.17. The second-order valence-electron chi connectivity index (χ2n) is 5.03. The minimum absolute atomic E-state index is 0.375. The van der Waals surface area contributed by atoms with Gasteiger partial charge >= 0.3 is 0 Å². The van der Waals surface area contributed by atoms with E-state index >= 15 is 0 Å². The predicted octanol–water partition coefficient (Wildman–Crippen LogP) is 3.21. The number of benzene rings is 1. The Hall–Kier alpha value is -1.61. The van der Waals surface area contributed by atoms with Crippen molar-refractivity contribution in [1.82, 2.24) is 15.5 Å². The van der Waals surface area contributed by atoms with E-state index in [9.17, 15) is 0 Å². The summed E-state index contributed by atoms with van der Waals surface area (Å²) in [5.74, 6) is 0.555. The van der Waals surface area contributed by atoms with Crippen molar-refractivity contribution >= 4 is 0 Å². The van der Waals surface area contributed by atoms with Crippen LogP contribution in [-0.2, 0) is 6.54 Å². The number of aromatic amines is 1. The highest BCUT2D eigenvalue weighted by Crippen LogP contribution is 2.21. The Morgan fingerprint density at radius 2 is 1.94 bits per heavy atom. The Morgan fingerprint density at radius 1 is 1.22 bits per heavy atom. The van der Waals surface area contributed by atoms with Crippen LogP contribution in [0.25, 0.3) is 0 Å². The summed E-state index contributed by atoms with van der Waals surface area (Å²) >= 11 is 0. The molecule has 0 saturated heterocycles. The van der Waals surface area contributed by atoms with E-state index in [1.54, 1.807) is 0 Å². The lowest BCUT2D eigenvalue weighted by atomic mass is 9.96. The number of hydrogen-bond donors (Lipinski definition) is 2. The van der Waals surface area contributed by atoms with Gasteiger partial charge in [-0.15, -0.1) is 0 Å². The first-order valence-electron chi connectivity index (χ1n) is 6.45. The first kappa shape index (κ1) is 12.8. The van der Waals surface area contributed by atoms with Crippen molar-refractivity contribution in [1.29, 1.82) is 0 Å². The van der Waals surface area contributed by atoms with Gasteiger partial charge in [-0.2, -0.15) is 5.10 Å². The highest BCUT2D eigenvalue weighted by atomic mass is 15.1. The number of H-pyrrole nitrogens is 1. The van der Waals surface area contributed by atoms with Crippen molar-refractivity contribution in [3.05, 3.63) is 53.3 Å². The van der Waals surface area contributed by atoms with Gasteiger partial charge in [0.2, 0.25) is 0 Å². The van der Waals surface area contributed by atoms with Gasteiger partial charge in [0.1, 0.15) is 0 Å². The lowest BCUT2D eigenvalue weighted by molar-refractivity contribution is 0.410. The molecule has 0 aliphatic heterocycles. The molecule has 1 heterocycles. The van der Waals surface area contributed by atoms with Gasteiger partial charge in [0, 0.05) is 23.8 Å². The van der Waals surface area contributed by atoms with Crippen molar-refractivity contribution in [3.63, 3.8) is 0 Å². The highest BCUT2D eigenvalue weighted by molar-refractivity contribution is 5.20. The molecule has 96 valence electrons. The lowest BCUT2D eigenvalue weighted by Gasteiger charge is -2.23. The van der Waals surface area contributed by atoms with E-state index in [4.69, 9.17) is 0 Å². The van der Waals surface area contributed by atoms with Crippen LogP contribution in [0, 0.1) is 12.8 Å². The van der Waals surface area contributed by atoms with Gasteiger partial charge in [-0.3, -0.25) is 5.10 Å². The standard InChI is InChI=1S/C15H21N3/c1-11(2)15(13-7-5-4-6-8-13)16-9-14-10-17-18-12(14)3/h4-8,10-11,15-16H,9H2,1-3H3,(H,17,18)/t15-/m1/s1. The maximum atomic E-state index is 4.05. The summed E-state index contributed by atoms with van der Waals surface area (Å²) in [5.41, 5.74) is 3.71. The van der Waals surface area contributed by atoms with Crippen LogP contribution in [0.2, 0.25) is 0 Å². The molecule has 0 fully saturated rings. The molecule has 2 N–H and O–H groups in total. The summed E-state index contributed by atoms with van der Waals surface area (Å²) < 4.78 is 0. The van der Waals surface area contributed by atoms with Crippen LogP contribution in [0.5, 0.6) is 0 Å². The molecule has 0 saturated carbocycles. The zero-order chi connectivity index (χ0) is 13.0. The minimum Gasteiger partial charge on any atom is -0.306 e. The van der Waals surface area contributed by atoms with Crippen LogP contribution in [0.1, 0.15) is 36.7 Å². The Balaban J connectivity index is 2.06. The fraction of sp³-hybridized carbons (Fsp3) is 0.400. The molecule has 0 radical (unpaired) electrons. The van der Waals surface area contributed by atoms with E-state index in [1.807, 2.05) is 6.20 Å². The van der Waals surface area contributed by atoms with Gasteiger partial charge < -0.3 is 5.32 Å². The largest absolute Gasteiger partial charge is 0.306 e. The third-order valence-electron chi connectivity index (χ3n) is 3.27. The Labute approximate surface area is 109 Å². The molecule has 0 amide bonds. The zero-order valence-corrected chi connectivity index (χ0v) is 11.3. The van der Waals surface area contributed by atoms with Crippen LogP contribution in [-0.4, -0.2) is 10.2 Å². The quantitative estimate of drug-likeness (QED) is 0.846. The predicted molar refractivity (Wildman–Crippen MR) is 74.2 cm³/mol. The number of nitrogens with one attached hydrogen (secondary N) is 2. The Morgan fingerprint density at radius 3 is 2.50 bits per heavy atom. The first-order chi connectivity index (χ1) is 8.68. The van der Waals surface area contributed by atoms with Crippen molar-refractivity contribution in [2.75, 3.05) is 0 Å². The van der Waals surface area contributed by atoms with Crippen LogP contribution in [0.3, 0.4) is 0 Å². The molecule has 3 nitrogen and oxygen atoms in total. The molecule has 0 aliphatic carbocycles. The maximum absolute atomic E-state index is 4.05. The molecule has 3 heteroatoms. The van der Waals surface area contributed by atoms with Gasteiger partial charge in [-0.05, 0) is 18.4 Å². The van der Waals surface area contributed by atoms with Gasteiger partial charge in [0.05, 0.1) is 6.20 Å². The average Bonchev–Trinajstić information content (AvgIpc) is 2.76. The monoisotopic (exact) mass is 243 g/mol. The van der Waals surface area contributed by atoms with Gasteiger partial charge in [0.15, 0.2) is 0 Å². The fourth-order valence-corrected chi connectivity index (χ4v) is 2.17. The summed E-state index contributed by atoms with van der Waals surface area (Å²) in [5, 5.41) is 10.6. The summed E-state index contributed by atoms with van der Waals surface area (Å²) in [4.78, 5) is 0. The minimum atomic E-state index is 0.375. The number of nitrogens with zero attached hydrogens (tertiary/aromatic N) is 1. The van der Waals surface area contributed by atoms with Crippen molar-refractivity contribution < 1.29 is 0 Å². The molecule has 0 aliphatic rings. The molecular weight excluding hydrogens is 222 g/mol. The van der Waals surface area contributed by atoms with Crippen molar-refractivity contribution in [3.8, 4) is 0 Å². The zero-order valence-electron chi connectivity index (χ0n) is 11.3. The van der Waals surface area contributed by atoms with E-state index in [2.05, 4.69) is 66.6 Å². The highest BCUT2D eigenvalue weighted by Gasteiger charge is 2.15. The number of hydrogen-bond acceptors (Lipinski definition) is 2. The SMILES string of the molecule is Cc1[nH]ncc1CN[C@@H](c1ccccc1)C(C)C. The van der Waals surface area contributed by atoms with Crippen LogP contribution in [0.4, 0.5) is 0 Å². The van der Waals surface area contributed by atoms with E-state index in [1.165, 1.54) is 11.1 Å². The number of aromatic nitrogens is 2. The summed E-state index contributed by atoms with van der Waals surface area (Å²) in [6.07, 6.45) is 1.89. The molecule has 0 bridgehead atoms. The molecule has 2 aromatic rings. The van der Waals surface area contributed by atoms with Gasteiger partial charge in [-0.25, -0.2) is 0 Å². The Bertz CT molecular complexity index is 473. The molecule has 1 aromatic heterocycles. The molecule has 18 heavy (non-hydrogen) atoms. The van der Waals surface area contributed by atoms with E-state index < -0.39 is 0 Å². The second-order valence-corrected chi connectivity index (χ2v) is 5.03. The van der Waals surface area contributed by atoms with Crippen molar-refractivity contribution in [2.45, 2.75) is 33.4 Å². The molecule has 1 atom stereocenters. The summed E-state index contributed by atoms with van der Waals surface area (Å²) in [6, 6.07) is 11.0. The third kappa shape index (κ3) is 2.99. The topological polar surface area (TPSA) is 40.7 Å². The Kier molecular flexibility index (Phi) is 4.15. The molecule has 1 aromatic carbocycles. The van der Waals surface area contributed by atoms with Gasteiger partial charge in [0.25, 0.3) is 0 Å². The molecule has 0 unspecified atom stereocenters. The van der Waals surface area contributed by atoms with Gasteiger partial charge in [-0.1, -0.05) is 44.2 Å². The van der Waals surface area contributed by atoms with E-state index in [-0.39, 0.29) is 0 Å². The number of rotatable bonds is 5. The van der Waals surface area contributed by atoms with Crippen molar-refractivity contribution in [2.24, 2.45) is 5.92 Å². The first-order valence-corrected chi connectivity index (χ1v) is 6.45. The van der Waals surface area contributed by atoms with Crippen LogP contribution >= 0.6 is 0 Å². The molecule has 0 spiro atoms. The number of aryl methyl sites for hydroxylation is 1. The average molecular weight is 243 g/mol. The lowest BCUT2D eigenvalue weighted by Crippen LogP contribution is -2.25. The second kappa shape index (κ2) is 5.83.